The normalized spacial score (nSPS) is 11.2. The molecule has 0 unspecified atom stereocenters. The van der Waals surface area contributed by atoms with Gasteiger partial charge in [0.1, 0.15) is 5.75 Å². The molecule has 1 N–H and O–H groups in total. The molecule has 0 saturated carbocycles. The van der Waals surface area contributed by atoms with Gasteiger partial charge in [-0.05, 0) is 17.7 Å². The largest absolute Gasteiger partial charge is 0.497 e. The lowest BCUT2D eigenvalue weighted by Crippen LogP contribution is -2.19. The molecule has 2 nitrogen and oxygen atoms in total. The van der Waals surface area contributed by atoms with Crippen molar-refractivity contribution in [2.45, 2.75) is 6.55 Å². The molecule has 0 bridgehead atoms. The predicted octanol–water partition coefficient (Wildman–Crippen LogP) is 2.52. The van der Waals surface area contributed by atoms with Crippen LogP contribution in [0.15, 0.2) is 30.3 Å². The second kappa shape index (κ2) is 6.14. The van der Waals surface area contributed by atoms with Crippen molar-refractivity contribution < 1.29 is 13.5 Å². The van der Waals surface area contributed by atoms with Crippen LogP contribution >= 0.6 is 0 Å². The highest BCUT2D eigenvalue weighted by molar-refractivity contribution is 5.50. The summed E-state index contributed by atoms with van der Waals surface area (Å²) in [5.74, 6) is 0.776. The summed E-state index contributed by atoms with van der Waals surface area (Å²) in [5.41, 5.74) is 0.951. The Morgan fingerprint density at radius 3 is 2.53 bits per heavy atom. The van der Waals surface area contributed by atoms with Gasteiger partial charge >= 0.3 is 0 Å². The van der Waals surface area contributed by atoms with E-state index in [9.17, 15) is 8.78 Å². The minimum absolute atomic E-state index is 0.156. The second-order valence-corrected chi connectivity index (χ2v) is 2.88. The molecule has 0 heterocycles. The summed E-state index contributed by atoms with van der Waals surface area (Å²) in [6.07, 6.45) is 3.42. The number of alkyl halides is 2. The number of methoxy groups -OCH3 is 1. The minimum Gasteiger partial charge on any atom is -0.497 e. The van der Waals surface area contributed by atoms with Crippen molar-refractivity contribution in [1.82, 2.24) is 5.32 Å². The Balaban J connectivity index is 2.43. The number of rotatable bonds is 5. The molecule has 0 aromatic heterocycles. The van der Waals surface area contributed by atoms with Gasteiger partial charge in [0.05, 0.1) is 7.11 Å². The van der Waals surface area contributed by atoms with Crippen LogP contribution in [-0.4, -0.2) is 20.2 Å². The van der Waals surface area contributed by atoms with Crippen molar-refractivity contribution in [2.24, 2.45) is 0 Å². The van der Waals surface area contributed by atoms with E-state index in [1.165, 1.54) is 0 Å². The third-order valence-corrected chi connectivity index (χ3v) is 1.82. The lowest BCUT2D eigenvalue weighted by Gasteiger charge is -1.99. The van der Waals surface area contributed by atoms with Crippen LogP contribution < -0.4 is 10.1 Å². The smallest absolute Gasteiger partial charge is 0.292 e. The molecule has 1 aromatic rings. The summed E-state index contributed by atoms with van der Waals surface area (Å²) in [6.45, 7) is -2.31. The molecule has 0 saturated heterocycles. The van der Waals surface area contributed by atoms with Crippen molar-refractivity contribution in [1.29, 1.82) is 0 Å². The number of halogens is 2. The molecule has 0 aliphatic rings. The molecule has 0 spiro atoms. The first-order valence-electron chi connectivity index (χ1n) is 4.54. The Kier molecular flexibility index (Phi) is 4.77. The highest BCUT2D eigenvalue weighted by atomic mass is 19.3. The third-order valence-electron chi connectivity index (χ3n) is 1.82. The maximum Gasteiger partial charge on any atom is 0.292 e. The zero-order chi connectivity index (χ0) is 11.1. The van der Waals surface area contributed by atoms with Gasteiger partial charge in [-0.1, -0.05) is 24.3 Å². The van der Waals surface area contributed by atoms with E-state index in [1.807, 2.05) is 29.6 Å². The zero-order valence-electron chi connectivity index (χ0n) is 8.41. The van der Waals surface area contributed by atoms with Crippen LogP contribution in [-0.2, 0) is 0 Å². The molecule has 82 valence electrons. The standard InChI is InChI=1S/C11H13F2NO/c1-15-10-6-4-9(5-7-10)3-2-8-14-11(12)13/h2-7,11,14H,8H2,1H3. The van der Waals surface area contributed by atoms with Gasteiger partial charge in [0.25, 0.3) is 6.55 Å². The molecule has 15 heavy (non-hydrogen) atoms. The summed E-state index contributed by atoms with van der Waals surface area (Å²) in [6, 6.07) is 7.36. The second-order valence-electron chi connectivity index (χ2n) is 2.88. The number of hydrogen-bond donors (Lipinski definition) is 1. The first-order chi connectivity index (χ1) is 7.22. The molecule has 0 aliphatic carbocycles. The van der Waals surface area contributed by atoms with E-state index in [1.54, 1.807) is 19.3 Å². The Morgan fingerprint density at radius 1 is 1.33 bits per heavy atom. The highest BCUT2D eigenvalue weighted by Gasteiger charge is 1.95. The molecule has 0 atom stereocenters. The average molecular weight is 213 g/mol. The van der Waals surface area contributed by atoms with Gasteiger partial charge in [0.2, 0.25) is 0 Å². The number of ether oxygens (including phenoxy) is 1. The molecule has 1 rings (SSSR count). The molecule has 0 aliphatic heterocycles. The predicted molar refractivity (Wildman–Crippen MR) is 56.0 cm³/mol. The molecule has 0 amide bonds. The fraction of sp³-hybridized carbons (Fsp3) is 0.273. The number of nitrogens with one attached hydrogen (secondary N) is 1. The van der Waals surface area contributed by atoms with Crippen molar-refractivity contribution in [3.05, 3.63) is 35.9 Å². The summed E-state index contributed by atoms with van der Waals surface area (Å²) in [4.78, 5) is 0. The van der Waals surface area contributed by atoms with Crippen LogP contribution in [0, 0.1) is 0 Å². The van der Waals surface area contributed by atoms with Gasteiger partial charge in [-0.3, -0.25) is 5.32 Å². The van der Waals surface area contributed by atoms with E-state index in [0.717, 1.165) is 11.3 Å². The molecule has 0 radical (unpaired) electrons. The molecule has 1 aromatic carbocycles. The molecular weight excluding hydrogens is 200 g/mol. The Labute approximate surface area is 87.6 Å². The molecule has 4 heteroatoms. The van der Waals surface area contributed by atoms with Crippen molar-refractivity contribution in [3.8, 4) is 5.75 Å². The summed E-state index contributed by atoms with van der Waals surface area (Å²) < 4.78 is 28.4. The molecule has 0 fully saturated rings. The first kappa shape index (κ1) is 11.7. The van der Waals surface area contributed by atoms with Crippen LogP contribution in [0.25, 0.3) is 6.08 Å². The van der Waals surface area contributed by atoms with Gasteiger partial charge in [-0.15, -0.1) is 0 Å². The lowest BCUT2D eigenvalue weighted by atomic mass is 10.2. The minimum atomic E-state index is -2.47. The van der Waals surface area contributed by atoms with Crippen LogP contribution in [0.2, 0.25) is 0 Å². The lowest BCUT2D eigenvalue weighted by molar-refractivity contribution is 0.113. The van der Waals surface area contributed by atoms with E-state index in [-0.39, 0.29) is 6.54 Å². The SMILES string of the molecule is COc1ccc(C=CCNC(F)F)cc1. The maximum atomic E-state index is 11.7. The van der Waals surface area contributed by atoms with Crippen molar-refractivity contribution in [3.63, 3.8) is 0 Å². The fourth-order valence-corrected chi connectivity index (χ4v) is 1.07. The highest BCUT2D eigenvalue weighted by Crippen LogP contribution is 2.11. The summed E-state index contributed by atoms with van der Waals surface area (Å²) in [5, 5.41) is 1.99. The van der Waals surface area contributed by atoms with Gasteiger partial charge in [0.15, 0.2) is 0 Å². The van der Waals surface area contributed by atoms with Gasteiger partial charge in [-0.2, -0.15) is 8.78 Å². The van der Waals surface area contributed by atoms with E-state index < -0.39 is 6.55 Å². The number of benzene rings is 1. The van der Waals surface area contributed by atoms with E-state index in [4.69, 9.17) is 4.74 Å². The van der Waals surface area contributed by atoms with Crippen LogP contribution in [0.5, 0.6) is 5.75 Å². The third kappa shape index (κ3) is 4.56. The van der Waals surface area contributed by atoms with Crippen molar-refractivity contribution >= 4 is 6.08 Å². The van der Waals surface area contributed by atoms with Gasteiger partial charge in [0, 0.05) is 6.54 Å². The molecular formula is C11H13F2NO. The van der Waals surface area contributed by atoms with Gasteiger partial charge in [-0.25, -0.2) is 0 Å². The summed E-state index contributed by atoms with van der Waals surface area (Å²) in [7, 11) is 1.59. The monoisotopic (exact) mass is 213 g/mol. The topological polar surface area (TPSA) is 21.3 Å². The Hall–Kier alpha value is -1.42. The average Bonchev–Trinajstić information content (AvgIpc) is 2.25. The van der Waals surface area contributed by atoms with Crippen LogP contribution in [0.4, 0.5) is 8.78 Å². The summed E-state index contributed by atoms with van der Waals surface area (Å²) >= 11 is 0. The van der Waals surface area contributed by atoms with E-state index in [2.05, 4.69) is 0 Å². The van der Waals surface area contributed by atoms with E-state index in [0.29, 0.717) is 0 Å². The first-order valence-corrected chi connectivity index (χ1v) is 4.54. The zero-order valence-corrected chi connectivity index (χ0v) is 8.41. The van der Waals surface area contributed by atoms with Crippen LogP contribution in [0.1, 0.15) is 5.56 Å². The van der Waals surface area contributed by atoms with Gasteiger partial charge < -0.3 is 4.74 Å². The fourth-order valence-electron chi connectivity index (χ4n) is 1.07. The Morgan fingerprint density at radius 2 is 2.00 bits per heavy atom. The van der Waals surface area contributed by atoms with Crippen molar-refractivity contribution in [2.75, 3.05) is 13.7 Å². The Bertz CT molecular complexity index is 309. The number of hydrogen-bond acceptors (Lipinski definition) is 2. The quantitative estimate of drug-likeness (QED) is 0.759. The maximum absolute atomic E-state index is 11.7. The van der Waals surface area contributed by atoms with E-state index >= 15 is 0 Å². The van der Waals surface area contributed by atoms with Crippen LogP contribution in [0.3, 0.4) is 0 Å².